The van der Waals surface area contributed by atoms with Gasteiger partial charge in [0.15, 0.2) is 0 Å². The first-order chi connectivity index (χ1) is 11.8. The lowest BCUT2D eigenvalue weighted by molar-refractivity contribution is 0.281. The lowest BCUT2D eigenvalue weighted by Gasteiger charge is -2.18. The lowest BCUT2D eigenvalue weighted by atomic mass is 10.2. The summed E-state index contributed by atoms with van der Waals surface area (Å²) >= 11 is 0. The van der Waals surface area contributed by atoms with Crippen LogP contribution in [0, 0.1) is 0 Å². The summed E-state index contributed by atoms with van der Waals surface area (Å²) in [5.74, 6) is 0.730. The van der Waals surface area contributed by atoms with Gasteiger partial charge in [0.25, 0.3) is 5.56 Å². The molecule has 0 amide bonds. The van der Waals surface area contributed by atoms with Crippen LogP contribution in [0.15, 0.2) is 35.3 Å². The Bertz CT molecular complexity index is 827. The number of hydrogen-bond acceptors (Lipinski definition) is 6. The van der Waals surface area contributed by atoms with Crippen molar-refractivity contribution in [2.75, 3.05) is 32.4 Å². The highest BCUT2D eigenvalue weighted by atomic mass is 31.2. The summed E-state index contributed by atoms with van der Waals surface area (Å²) in [5.41, 5.74) is 0.901. The third-order valence-corrected chi connectivity index (χ3v) is 5.23. The molecule has 2 aromatic rings. The SMILES string of the molecule is COc1ccc(Cn2ncc(N[C@@H](C)CO)c(P(C)(C)=O)c2=O)cc1. The third-order valence-electron chi connectivity index (χ3n) is 3.72. The van der Waals surface area contributed by atoms with Crippen LogP contribution in [0.1, 0.15) is 12.5 Å². The summed E-state index contributed by atoms with van der Waals surface area (Å²) < 4.78 is 19.1. The molecule has 2 N–H and O–H groups in total. The summed E-state index contributed by atoms with van der Waals surface area (Å²) in [4.78, 5) is 12.8. The Morgan fingerprint density at radius 1 is 1.32 bits per heavy atom. The van der Waals surface area contributed by atoms with Gasteiger partial charge in [0.2, 0.25) is 0 Å². The summed E-state index contributed by atoms with van der Waals surface area (Å²) in [7, 11) is -1.25. The van der Waals surface area contributed by atoms with Gasteiger partial charge in [-0.15, -0.1) is 0 Å². The number of rotatable bonds is 7. The Kier molecular flexibility index (Phi) is 6.03. The molecule has 0 spiro atoms. The van der Waals surface area contributed by atoms with Crippen LogP contribution in [0.25, 0.3) is 0 Å². The average molecular weight is 365 g/mol. The zero-order chi connectivity index (χ0) is 18.6. The number of aliphatic hydroxyl groups excluding tert-OH is 1. The van der Waals surface area contributed by atoms with Gasteiger partial charge in [-0.2, -0.15) is 5.10 Å². The van der Waals surface area contributed by atoms with Crippen LogP contribution >= 0.6 is 7.14 Å². The van der Waals surface area contributed by atoms with E-state index >= 15 is 0 Å². The van der Waals surface area contributed by atoms with Crippen molar-refractivity contribution in [3.8, 4) is 5.75 Å². The number of aromatic nitrogens is 2. The Labute approximate surface area is 147 Å². The number of benzene rings is 1. The van der Waals surface area contributed by atoms with E-state index in [9.17, 15) is 14.5 Å². The molecule has 0 radical (unpaired) electrons. The van der Waals surface area contributed by atoms with Gasteiger partial charge in [-0.25, -0.2) is 4.68 Å². The highest BCUT2D eigenvalue weighted by Crippen LogP contribution is 2.35. The van der Waals surface area contributed by atoms with E-state index in [4.69, 9.17) is 4.74 Å². The van der Waals surface area contributed by atoms with Gasteiger partial charge < -0.3 is 19.7 Å². The molecule has 2 rings (SSSR count). The first-order valence-corrected chi connectivity index (χ1v) is 10.5. The van der Waals surface area contributed by atoms with Gasteiger partial charge in [0.1, 0.15) is 18.2 Å². The Balaban J connectivity index is 2.43. The molecule has 1 aromatic carbocycles. The molecule has 136 valence electrons. The maximum atomic E-state index is 12.8. The molecule has 0 unspecified atom stereocenters. The van der Waals surface area contributed by atoms with E-state index in [0.717, 1.165) is 11.3 Å². The average Bonchev–Trinajstić information content (AvgIpc) is 2.56. The largest absolute Gasteiger partial charge is 0.497 e. The Morgan fingerprint density at radius 2 is 1.96 bits per heavy atom. The van der Waals surface area contributed by atoms with E-state index in [1.54, 1.807) is 27.4 Å². The van der Waals surface area contributed by atoms with Crippen LogP contribution in [0.5, 0.6) is 5.75 Å². The number of anilines is 1. The minimum Gasteiger partial charge on any atom is -0.497 e. The van der Waals surface area contributed by atoms with Gasteiger partial charge in [-0.05, 0) is 37.9 Å². The van der Waals surface area contributed by atoms with Crippen LogP contribution in [0.2, 0.25) is 0 Å². The highest BCUT2D eigenvalue weighted by molar-refractivity contribution is 7.70. The zero-order valence-electron chi connectivity index (χ0n) is 14.9. The maximum Gasteiger partial charge on any atom is 0.279 e. The Hall–Kier alpha value is -2.11. The minimum atomic E-state index is -2.84. The summed E-state index contributed by atoms with van der Waals surface area (Å²) in [5, 5.41) is 16.6. The number of nitrogens with zero attached hydrogens (tertiary/aromatic N) is 2. The van der Waals surface area contributed by atoms with E-state index in [1.165, 1.54) is 10.9 Å². The molecule has 0 aliphatic rings. The fraction of sp³-hybridized carbons (Fsp3) is 0.412. The predicted molar refractivity (Wildman–Crippen MR) is 99.9 cm³/mol. The smallest absolute Gasteiger partial charge is 0.279 e. The lowest BCUT2D eigenvalue weighted by Crippen LogP contribution is -2.39. The summed E-state index contributed by atoms with van der Waals surface area (Å²) in [6.45, 7) is 5.03. The van der Waals surface area contributed by atoms with Crippen molar-refractivity contribution in [1.29, 1.82) is 0 Å². The van der Waals surface area contributed by atoms with Gasteiger partial charge in [0, 0.05) is 6.04 Å². The van der Waals surface area contributed by atoms with Gasteiger partial charge >= 0.3 is 0 Å². The molecule has 1 atom stereocenters. The van der Waals surface area contributed by atoms with Crippen molar-refractivity contribution >= 4 is 18.1 Å². The second kappa shape index (κ2) is 7.85. The molecule has 0 saturated heterocycles. The first kappa shape index (κ1) is 19.2. The van der Waals surface area contributed by atoms with Crippen LogP contribution in [-0.4, -0.2) is 48.0 Å². The van der Waals surface area contributed by atoms with Crippen molar-refractivity contribution in [3.05, 3.63) is 46.4 Å². The Morgan fingerprint density at radius 3 is 2.48 bits per heavy atom. The fourth-order valence-corrected chi connectivity index (χ4v) is 3.71. The van der Waals surface area contributed by atoms with E-state index in [-0.39, 0.29) is 30.1 Å². The summed E-state index contributed by atoms with van der Waals surface area (Å²) in [6, 6.07) is 7.05. The second-order valence-corrected chi connectivity index (χ2v) is 9.45. The van der Waals surface area contributed by atoms with E-state index < -0.39 is 7.14 Å². The normalized spacial score (nSPS) is 12.7. The molecule has 8 heteroatoms. The molecule has 1 heterocycles. The van der Waals surface area contributed by atoms with Crippen LogP contribution < -0.4 is 20.9 Å². The van der Waals surface area contributed by atoms with Crippen molar-refractivity contribution in [3.63, 3.8) is 0 Å². The van der Waals surface area contributed by atoms with Crippen molar-refractivity contribution in [2.24, 2.45) is 0 Å². The third kappa shape index (κ3) is 4.71. The maximum absolute atomic E-state index is 12.8. The molecule has 0 aliphatic carbocycles. The van der Waals surface area contributed by atoms with Crippen molar-refractivity contribution in [1.82, 2.24) is 9.78 Å². The number of nitrogens with one attached hydrogen (secondary N) is 1. The molecule has 7 nitrogen and oxygen atoms in total. The minimum absolute atomic E-state index is 0.105. The number of ether oxygens (including phenoxy) is 1. The van der Waals surface area contributed by atoms with Crippen molar-refractivity contribution in [2.45, 2.75) is 19.5 Å². The fourth-order valence-electron chi connectivity index (χ4n) is 2.43. The van der Waals surface area contributed by atoms with E-state index in [1.807, 2.05) is 24.3 Å². The van der Waals surface area contributed by atoms with E-state index in [2.05, 4.69) is 10.4 Å². The number of methoxy groups -OCH3 is 1. The van der Waals surface area contributed by atoms with Crippen molar-refractivity contribution < 1.29 is 14.4 Å². The molecule has 0 fully saturated rings. The molecule has 0 saturated carbocycles. The van der Waals surface area contributed by atoms with Crippen LogP contribution in [0.4, 0.5) is 5.69 Å². The number of hydrogen-bond donors (Lipinski definition) is 2. The predicted octanol–water partition coefficient (Wildman–Crippen LogP) is 1.34. The molecular weight excluding hydrogens is 341 g/mol. The van der Waals surface area contributed by atoms with Gasteiger partial charge in [0.05, 0.1) is 32.1 Å². The first-order valence-electron chi connectivity index (χ1n) is 7.92. The monoisotopic (exact) mass is 365 g/mol. The standard InChI is InChI=1S/C17H24N3O4P/c1-12(11-21)19-15-9-18-20(17(22)16(15)25(3,4)23)10-13-5-7-14(24-2)8-6-13/h5-9,12,19,21H,10-11H2,1-4H3/t12-/m0/s1. The topological polar surface area (TPSA) is 93.4 Å². The highest BCUT2D eigenvalue weighted by Gasteiger charge is 2.23. The second-order valence-electron chi connectivity index (χ2n) is 6.30. The van der Waals surface area contributed by atoms with E-state index in [0.29, 0.717) is 5.69 Å². The molecule has 25 heavy (non-hydrogen) atoms. The van der Waals surface area contributed by atoms with Crippen LogP contribution in [0.3, 0.4) is 0 Å². The quantitative estimate of drug-likeness (QED) is 0.720. The molecule has 1 aromatic heterocycles. The molecule has 0 bridgehead atoms. The molecular formula is C17H24N3O4P. The van der Waals surface area contributed by atoms with Gasteiger partial charge in [-0.3, -0.25) is 4.79 Å². The zero-order valence-corrected chi connectivity index (χ0v) is 15.8. The number of aliphatic hydroxyl groups is 1. The summed E-state index contributed by atoms with van der Waals surface area (Å²) in [6.07, 6.45) is 1.49. The van der Waals surface area contributed by atoms with Crippen LogP contribution in [-0.2, 0) is 11.1 Å². The van der Waals surface area contributed by atoms with Gasteiger partial charge in [-0.1, -0.05) is 12.1 Å². The molecule has 0 aliphatic heterocycles.